The molecule has 0 saturated heterocycles. The molecule has 1 aromatic heterocycles. The Morgan fingerprint density at radius 1 is 1.00 bits per heavy atom. The minimum Gasteiger partial charge on any atom is -0.457 e. The summed E-state index contributed by atoms with van der Waals surface area (Å²) >= 11 is 0. The Morgan fingerprint density at radius 2 is 1.65 bits per heavy atom. The van der Waals surface area contributed by atoms with Gasteiger partial charge in [0.25, 0.3) is 0 Å². The zero-order chi connectivity index (χ0) is 23.9. The van der Waals surface area contributed by atoms with Gasteiger partial charge in [0.05, 0.1) is 11.3 Å². The van der Waals surface area contributed by atoms with Crippen molar-refractivity contribution in [3.05, 3.63) is 72.1 Å². The minimum absolute atomic E-state index is 0.0934. The van der Waals surface area contributed by atoms with Crippen LogP contribution in [-0.2, 0) is 4.79 Å². The molecule has 0 spiro atoms. The van der Waals surface area contributed by atoms with Gasteiger partial charge in [-0.25, -0.2) is 9.97 Å². The number of hydrogen-bond acceptors (Lipinski definition) is 7. The third-order valence-corrected chi connectivity index (χ3v) is 6.00. The first-order chi connectivity index (χ1) is 16.5. The first-order valence-corrected chi connectivity index (χ1v) is 11.6. The highest BCUT2D eigenvalue weighted by atomic mass is 16.5. The van der Waals surface area contributed by atoms with E-state index in [0.29, 0.717) is 29.1 Å². The molecule has 1 amide bonds. The Hall–Kier alpha value is -3.94. The number of hydrogen-bond donors (Lipinski definition) is 4. The maximum Gasteiger partial charge on any atom is 0.219 e. The molecule has 34 heavy (non-hydrogen) atoms. The fourth-order valence-electron chi connectivity index (χ4n) is 4.12. The Morgan fingerprint density at radius 3 is 2.32 bits per heavy atom. The molecule has 1 aliphatic carbocycles. The van der Waals surface area contributed by atoms with Crippen molar-refractivity contribution in [2.45, 2.75) is 51.1 Å². The summed E-state index contributed by atoms with van der Waals surface area (Å²) < 4.78 is 5.85. The lowest BCUT2D eigenvalue weighted by atomic mass is 9.90. The number of nitrogen functional groups attached to an aromatic ring is 1. The summed E-state index contributed by atoms with van der Waals surface area (Å²) in [7, 11) is 0. The topological polar surface area (TPSA) is 126 Å². The number of carbonyl (C=O) groups excluding carboxylic acids is 1. The second-order valence-corrected chi connectivity index (χ2v) is 8.41. The molecule has 1 fully saturated rings. The standard InChI is InChI=1S/C26H30N6O2/c1-2-22(33)31-18-10-12-19(13-11-18)32-26-23(25(28)29-16-30-26)24(27)17-8-14-21(15-9-17)34-20-6-4-3-5-7-20/h3-9,14-16,18-19,27H,2,10-13H2,1H3,(H,31,33)(H3,28,29,30,32). The van der Waals surface area contributed by atoms with Crippen molar-refractivity contribution < 1.29 is 9.53 Å². The second-order valence-electron chi connectivity index (χ2n) is 8.41. The number of benzene rings is 2. The summed E-state index contributed by atoms with van der Waals surface area (Å²) in [4.78, 5) is 20.2. The van der Waals surface area contributed by atoms with Crippen molar-refractivity contribution in [2.24, 2.45) is 0 Å². The highest BCUT2D eigenvalue weighted by molar-refractivity contribution is 6.16. The molecule has 0 bridgehead atoms. The normalized spacial score (nSPS) is 17.6. The van der Waals surface area contributed by atoms with Crippen molar-refractivity contribution in [3.8, 4) is 11.5 Å². The summed E-state index contributed by atoms with van der Waals surface area (Å²) in [5.74, 6) is 2.35. The molecule has 0 aliphatic heterocycles. The molecule has 8 nitrogen and oxygen atoms in total. The third-order valence-electron chi connectivity index (χ3n) is 6.00. The van der Waals surface area contributed by atoms with Gasteiger partial charge in [-0.15, -0.1) is 0 Å². The quantitative estimate of drug-likeness (QED) is 0.368. The van der Waals surface area contributed by atoms with Gasteiger partial charge < -0.3 is 21.1 Å². The number of ether oxygens (including phenoxy) is 1. The predicted molar refractivity (Wildman–Crippen MR) is 133 cm³/mol. The van der Waals surface area contributed by atoms with E-state index in [4.69, 9.17) is 15.9 Å². The van der Waals surface area contributed by atoms with Crippen LogP contribution in [0.5, 0.6) is 11.5 Å². The number of nitrogens with one attached hydrogen (secondary N) is 3. The predicted octanol–water partition coefficient (Wildman–Crippen LogP) is 4.52. The van der Waals surface area contributed by atoms with Gasteiger partial charge in [0.2, 0.25) is 5.91 Å². The average molecular weight is 459 g/mol. The first-order valence-electron chi connectivity index (χ1n) is 11.6. The molecule has 176 valence electrons. The molecule has 0 radical (unpaired) electrons. The van der Waals surface area contributed by atoms with Crippen molar-refractivity contribution >= 4 is 23.3 Å². The van der Waals surface area contributed by atoms with Crippen LogP contribution in [0.4, 0.5) is 11.6 Å². The van der Waals surface area contributed by atoms with Gasteiger partial charge in [0.15, 0.2) is 0 Å². The zero-order valence-corrected chi connectivity index (χ0v) is 19.3. The number of carbonyl (C=O) groups is 1. The maximum atomic E-state index is 11.7. The van der Waals surface area contributed by atoms with E-state index in [0.717, 1.165) is 31.4 Å². The summed E-state index contributed by atoms with van der Waals surface area (Å²) in [6.07, 6.45) is 5.52. The van der Waals surface area contributed by atoms with Gasteiger partial charge >= 0.3 is 0 Å². The van der Waals surface area contributed by atoms with E-state index < -0.39 is 0 Å². The summed E-state index contributed by atoms with van der Waals surface area (Å²) in [5, 5.41) is 15.3. The second kappa shape index (κ2) is 10.8. The molecule has 1 saturated carbocycles. The van der Waals surface area contributed by atoms with E-state index in [1.807, 2.05) is 61.5 Å². The molecule has 4 rings (SSSR count). The Kier molecular flexibility index (Phi) is 7.37. The fraction of sp³-hybridized carbons (Fsp3) is 0.308. The van der Waals surface area contributed by atoms with Gasteiger partial charge in [0.1, 0.15) is 29.5 Å². The summed E-state index contributed by atoms with van der Waals surface area (Å²) in [6, 6.07) is 17.3. The molecular weight excluding hydrogens is 428 g/mol. The van der Waals surface area contributed by atoms with Crippen LogP contribution in [0.15, 0.2) is 60.9 Å². The van der Waals surface area contributed by atoms with E-state index in [9.17, 15) is 4.79 Å². The molecule has 1 aliphatic rings. The largest absolute Gasteiger partial charge is 0.457 e. The van der Waals surface area contributed by atoms with Crippen molar-refractivity contribution in [3.63, 3.8) is 0 Å². The van der Waals surface area contributed by atoms with Crippen LogP contribution in [0.1, 0.15) is 50.2 Å². The van der Waals surface area contributed by atoms with Crippen molar-refractivity contribution in [1.29, 1.82) is 5.41 Å². The van der Waals surface area contributed by atoms with E-state index >= 15 is 0 Å². The van der Waals surface area contributed by atoms with Crippen LogP contribution in [0, 0.1) is 5.41 Å². The van der Waals surface area contributed by atoms with Gasteiger partial charge in [-0.1, -0.05) is 25.1 Å². The fourth-order valence-corrected chi connectivity index (χ4v) is 4.12. The number of anilines is 2. The van der Waals surface area contributed by atoms with Crippen LogP contribution in [0.25, 0.3) is 0 Å². The molecule has 3 aromatic rings. The van der Waals surface area contributed by atoms with Crippen LogP contribution in [0.3, 0.4) is 0 Å². The monoisotopic (exact) mass is 458 g/mol. The van der Waals surface area contributed by atoms with E-state index in [1.54, 1.807) is 0 Å². The molecule has 8 heteroatoms. The van der Waals surface area contributed by atoms with Crippen LogP contribution >= 0.6 is 0 Å². The van der Waals surface area contributed by atoms with Crippen LogP contribution in [0.2, 0.25) is 0 Å². The zero-order valence-electron chi connectivity index (χ0n) is 19.3. The molecule has 5 N–H and O–H groups in total. The molecule has 0 atom stereocenters. The van der Waals surface area contributed by atoms with E-state index in [2.05, 4.69) is 20.6 Å². The van der Waals surface area contributed by atoms with Crippen LogP contribution in [-0.4, -0.2) is 33.7 Å². The maximum absolute atomic E-state index is 11.7. The molecule has 0 unspecified atom stereocenters. The highest BCUT2D eigenvalue weighted by Crippen LogP contribution is 2.28. The number of nitrogens with two attached hydrogens (primary N) is 1. The molecule has 2 aromatic carbocycles. The van der Waals surface area contributed by atoms with Crippen molar-refractivity contribution in [1.82, 2.24) is 15.3 Å². The minimum atomic E-state index is 0.0934. The van der Waals surface area contributed by atoms with Gasteiger partial charge in [-0.2, -0.15) is 0 Å². The van der Waals surface area contributed by atoms with Gasteiger partial charge in [-0.05, 0) is 62.1 Å². The number of rotatable bonds is 8. The molecule has 1 heterocycles. The Balaban J connectivity index is 1.44. The summed E-state index contributed by atoms with van der Waals surface area (Å²) in [6.45, 7) is 1.86. The smallest absolute Gasteiger partial charge is 0.219 e. The van der Waals surface area contributed by atoms with Crippen LogP contribution < -0.4 is 21.1 Å². The number of amides is 1. The lowest BCUT2D eigenvalue weighted by molar-refractivity contribution is -0.121. The SMILES string of the molecule is CCC(=O)NC1CCC(Nc2ncnc(N)c2C(=N)c2ccc(Oc3ccccc3)cc2)CC1. The van der Waals surface area contributed by atoms with E-state index in [1.165, 1.54) is 6.33 Å². The van der Waals surface area contributed by atoms with E-state index in [-0.39, 0.29) is 29.5 Å². The first kappa shape index (κ1) is 23.2. The third kappa shape index (κ3) is 5.70. The Bertz CT molecular complexity index is 1130. The van der Waals surface area contributed by atoms with Crippen molar-refractivity contribution in [2.75, 3.05) is 11.1 Å². The lowest BCUT2D eigenvalue weighted by Gasteiger charge is -2.30. The lowest BCUT2D eigenvalue weighted by Crippen LogP contribution is -2.40. The number of aromatic nitrogens is 2. The van der Waals surface area contributed by atoms with Gasteiger partial charge in [0, 0.05) is 24.1 Å². The Labute approximate surface area is 199 Å². The highest BCUT2D eigenvalue weighted by Gasteiger charge is 2.24. The summed E-state index contributed by atoms with van der Waals surface area (Å²) in [5.41, 5.74) is 7.61. The number of para-hydroxylation sites is 1. The van der Waals surface area contributed by atoms with Gasteiger partial charge in [-0.3, -0.25) is 10.2 Å². The average Bonchev–Trinajstić information content (AvgIpc) is 2.86. The number of nitrogens with zero attached hydrogens (tertiary/aromatic N) is 2. The molecular formula is C26H30N6O2.